The van der Waals surface area contributed by atoms with E-state index in [2.05, 4.69) is 88.4 Å². The molecule has 0 aromatic heterocycles. The molecule has 1 heteroatoms. The monoisotopic (exact) mass is 340 g/mol. The number of aryl methyl sites for hydroxylation is 2. The molecule has 0 spiro atoms. The summed E-state index contributed by atoms with van der Waals surface area (Å²) in [6.07, 6.45) is 0. The Morgan fingerprint density at radius 1 is 0.654 bits per heavy atom. The normalized spacial score (nSPS) is 11.2. The topological polar surface area (TPSA) is 9.23 Å². The van der Waals surface area contributed by atoms with Crippen molar-refractivity contribution in [1.29, 1.82) is 0 Å². The van der Waals surface area contributed by atoms with Crippen LogP contribution in [0.15, 0.2) is 60.7 Å². The van der Waals surface area contributed by atoms with Gasteiger partial charge in [0.05, 0.1) is 0 Å². The first-order valence-electron chi connectivity index (χ1n) is 9.16. The molecule has 4 rings (SSSR count). The van der Waals surface area contributed by atoms with Crippen molar-refractivity contribution in [3.8, 4) is 5.75 Å². The van der Waals surface area contributed by atoms with E-state index in [1.807, 2.05) is 0 Å². The molecule has 0 heterocycles. The van der Waals surface area contributed by atoms with Crippen LogP contribution in [-0.4, -0.2) is 0 Å². The minimum absolute atomic E-state index is 0.575. The lowest BCUT2D eigenvalue weighted by molar-refractivity contribution is 0.304. The fourth-order valence-corrected chi connectivity index (χ4v) is 3.89. The van der Waals surface area contributed by atoms with Crippen LogP contribution in [0.1, 0.15) is 27.8 Å². The van der Waals surface area contributed by atoms with Crippen LogP contribution in [0.5, 0.6) is 5.75 Å². The highest BCUT2D eigenvalue weighted by atomic mass is 16.5. The Kier molecular flexibility index (Phi) is 4.16. The third-order valence-corrected chi connectivity index (χ3v) is 5.53. The molecule has 130 valence electrons. The molecule has 26 heavy (non-hydrogen) atoms. The minimum Gasteiger partial charge on any atom is -0.488 e. The number of ether oxygens (including phenoxy) is 1. The Labute approximate surface area is 155 Å². The fourth-order valence-electron chi connectivity index (χ4n) is 3.89. The summed E-state index contributed by atoms with van der Waals surface area (Å²) in [5.41, 5.74) is 6.34. The molecule has 0 aliphatic heterocycles. The van der Waals surface area contributed by atoms with Crippen LogP contribution in [0.2, 0.25) is 0 Å². The van der Waals surface area contributed by atoms with Crippen LogP contribution in [-0.2, 0) is 6.61 Å². The largest absolute Gasteiger partial charge is 0.488 e. The maximum Gasteiger partial charge on any atom is 0.125 e. The van der Waals surface area contributed by atoms with Gasteiger partial charge in [-0.2, -0.15) is 0 Å². The molecular formula is C25H24O. The van der Waals surface area contributed by atoms with Crippen LogP contribution in [0.4, 0.5) is 0 Å². The van der Waals surface area contributed by atoms with Gasteiger partial charge in [-0.1, -0.05) is 54.6 Å². The minimum atomic E-state index is 0.575. The summed E-state index contributed by atoms with van der Waals surface area (Å²) >= 11 is 0. The molecule has 0 aliphatic carbocycles. The average molecular weight is 340 g/mol. The maximum atomic E-state index is 6.41. The van der Waals surface area contributed by atoms with Gasteiger partial charge in [0, 0.05) is 5.56 Å². The highest BCUT2D eigenvalue weighted by Gasteiger charge is 2.12. The lowest BCUT2D eigenvalue weighted by atomic mass is 9.97. The first-order chi connectivity index (χ1) is 12.6. The predicted molar refractivity (Wildman–Crippen MR) is 111 cm³/mol. The lowest BCUT2D eigenvalue weighted by Gasteiger charge is -2.18. The summed E-state index contributed by atoms with van der Waals surface area (Å²) in [5, 5.41) is 5.06. The molecule has 0 N–H and O–H groups in total. The Morgan fingerprint density at radius 2 is 1.23 bits per heavy atom. The molecule has 0 saturated heterocycles. The van der Waals surface area contributed by atoms with E-state index in [0.29, 0.717) is 6.61 Å². The molecule has 0 saturated carbocycles. The number of fused-ring (bicyclic) bond motifs is 2. The maximum absolute atomic E-state index is 6.41. The van der Waals surface area contributed by atoms with Crippen LogP contribution < -0.4 is 4.74 Å². The van der Waals surface area contributed by atoms with Gasteiger partial charge in [0.25, 0.3) is 0 Å². The summed E-state index contributed by atoms with van der Waals surface area (Å²) in [7, 11) is 0. The van der Waals surface area contributed by atoms with Crippen molar-refractivity contribution in [2.24, 2.45) is 0 Å². The molecular weight excluding hydrogens is 316 g/mol. The van der Waals surface area contributed by atoms with E-state index >= 15 is 0 Å². The van der Waals surface area contributed by atoms with E-state index < -0.39 is 0 Å². The summed E-state index contributed by atoms with van der Waals surface area (Å²) in [6, 6.07) is 21.6. The first-order valence-corrected chi connectivity index (χ1v) is 9.16. The van der Waals surface area contributed by atoms with Gasteiger partial charge in [0.1, 0.15) is 12.4 Å². The fraction of sp³-hybridized carbons (Fsp3) is 0.200. The van der Waals surface area contributed by atoms with Crippen molar-refractivity contribution >= 4 is 21.5 Å². The zero-order valence-corrected chi connectivity index (χ0v) is 15.9. The van der Waals surface area contributed by atoms with Crippen LogP contribution >= 0.6 is 0 Å². The van der Waals surface area contributed by atoms with Crippen LogP contribution in [0, 0.1) is 27.7 Å². The molecule has 0 aliphatic rings. The molecule has 0 fully saturated rings. The second-order valence-corrected chi connectivity index (χ2v) is 7.18. The summed E-state index contributed by atoms with van der Waals surface area (Å²) in [5.74, 6) is 1.02. The number of benzene rings is 4. The van der Waals surface area contributed by atoms with Gasteiger partial charge in [-0.25, -0.2) is 0 Å². The van der Waals surface area contributed by atoms with Crippen molar-refractivity contribution in [3.05, 3.63) is 88.5 Å². The molecule has 4 aromatic carbocycles. The summed E-state index contributed by atoms with van der Waals surface area (Å²) < 4.78 is 6.41. The SMILES string of the molecule is Cc1cc(C)c(OCc2c3ccccc3cc3ccccc23)c(C)c1C. The standard InChI is InChI=1S/C25H24O/c1-16-13-17(2)25(19(4)18(16)3)26-15-24-22-11-7-5-9-20(22)14-21-10-6-8-12-23(21)24/h5-14H,15H2,1-4H3. The summed E-state index contributed by atoms with van der Waals surface area (Å²) in [4.78, 5) is 0. The molecule has 0 atom stereocenters. The van der Waals surface area contributed by atoms with E-state index in [1.165, 1.54) is 49.4 Å². The second kappa shape index (κ2) is 6.49. The van der Waals surface area contributed by atoms with E-state index in [4.69, 9.17) is 4.74 Å². The van der Waals surface area contributed by atoms with Gasteiger partial charge >= 0.3 is 0 Å². The first kappa shape index (κ1) is 16.7. The van der Waals surface area contributed by atoms with Gasteiger partial charge in [-0.15, -0.1) is 0 Å². The van der Waals surface area contributed by atoms with Gasteiger partial charge in [0.15, 0.2) is 0 Å². The average Bonchev–Trinajstić information content (AvgIpc) is 2.65. The Balaban J connectivity index is 1.84. The molecule has 0 bridgehead atoms. The van der Waals surface area contributed by atoms with Gasteiger partial charge in [-0.3, -0.25) is 0 Å². The molecule has 0 radical (unpaired) electrons. The highest BCUT2D eigenvalue weighted by molar-refractivity contribution is 6.02. The van der Waals surface area contributed by atoms with E-state index in [-0.39, 0.29) is 0 Å². The third kappa shape index (κ3) is 2.74. The highest BCUT2D eigenvalue weighted by Crippen LogP contribution is 2.32. The number of rotatable bonds is 3. The summed E-state index contributed by atoms with van der Waals surface area (Å²) in [6.45, 7) is 9.20. The molecule has 0 amide bonds. The van der Waals surface area contributed by atoms with Crippen LogP contribution in [0.25, 0.3) is 21.5 Å². The number of hydrogen-bond acceptors (Lipinski definition) is 1. The van der Waals surface area contributed by atoms with Crippen molar-refractivity contribution < 1.29 is 4.74 Å². The number of hydrogen-bond donors (Lipinski definition) is 0. The lowest BCUT2D eigenvalue weighted by Crippen LogP contribution is -2.02. The van der Waals surface area contributed by atoms with Crippen molar-refractivity contribution in [3.63, 3.8) is 0 Å². The smallest absolute Gasteiger partial charge is 0.125 e. The quantitative estimate of drug-likeness (QED) is 0.372. The third-order valence-electron chi connectivity index (χ3n) is 5.53. The molecule has 4 aromatic rings. The molecule has 0 unspecified atom stereocenters. The van der Waals surface area contributed by atoms with Crippen molar-refractivity contribution in [2.45, 2.75) is 34.3 Å². The van der Waals surface area contributed by atoms with Crippen molar-refractivity contribution in [1.82, 2.24) is 0 Å². The zero-order valence-electron chi connectivity index (χ0n) is 15.9. The predicted octanol–water partition coefficient (Wildman–Crippen LogP) is 6.81. The second-order valence-electron chi connectivity index (χ2n) is 7.18. The van der Waals surface area contributed by atoms with Gasteiger partial charge < -0.3 is 4.74 Å². The molecule has 1 nitrogen and oxygen atoms in total. The van der Waals surface area contributed by atoms with Crippen LogP contribution in [0.3, 0.4) is 0 Å². The van der Waals surface area contributed by atoms with E-state index in [9.17, 15) is 0 Å². The van der Waals surface area contributed by atoms with Crippen molar-refractivity contribution in [2.75, 3.05) is 0 Å². The van der Waals surface area contributed by atoms with Gasteiger partial charge in [0.2, 0.25) is 0 Å². The van der Waals surface area contributed by atoms with Gasteiger partial charge in [-0.05, 0) is 77.6 Å². The Morgan fingerprint density at radius 3 is 1.85 bits per heavy atom. The Hall–Kier alpha value is -2.80. The Bertz CT molecular complexity index is 1070. The van der Waals surface area contributed by atoms with E-state index in [0.717, 1.165) is 5.75 Å². The van der Waals surface area contributed by atoms with E-state index in [1.54, 1.807) is 0 Å². The zero-order chi connectivity index (χ0) is 18.3.